The van der Waals surface area contributed by atoms with Gasteiger partial charge in [-0.1, -0.05) is 45.8 Å². The highest BCUT2D eigenvalue weighted by Gasteiger charge is 2.14. The third kappa shape index (κ3) is 2.74. The second kappa shape index (κ2) is 5.55. The van der Waals surface area contributed by atoms with Gasteiger partial charge in [0.15, 0.2) is 0 Å². The summed E-state index contributed by atoms with van der Waals surface area (Å²) in [5.41, 5.74) is 2.85. The fourth-order valence-electron chi connectivity index (χ4n) is 1.79. The molecule has 2 aromatic rings. The van der Waals surface area contributed by atoms with Crippen molar-refractivity contribution in [2.24, 2.45) is 0 Å². The van der Waals surface area contributed by atoms with Crippen LogP contribution in [0.5, 0.6) is 5.75 Å². The maximum absolute atomic E-state index is 10.4. The molecule has 1 atom stereocenters. The van der Waals surface area contributed by atoms with Crippen LogP contribution in [0.4, 0.5) is 0 Å². The molecule has 0 aromatic heterocycles. The zero-order valence-electron chi connectivity index (χ0n) is 10.4. The summed E-state index contributed by atoms with van der Waals surface area (Å²) >= 11 is 3.46. The highest BCUT2D eigenvalue weighted by Crippen LogP contribution is 2.31. The molecule has 0 saturated heterocycles. The van der Waals surface area contributed by atoms with E-state index >= 15 is 0 Å². The highest BCUT2D eigenvalue weighted by atomic mass is 79.9. The second-order valence-electron chi connectivity index (χ2n) is 4.20. The van der Waals surface area contributed by atoms with Crippen molar-refractivity contribution in [3.63, 3.8) is 0 Å². The summed E-state index contributed by atoms with van der Waals surface area (Å²) in [6.07, 6.45) is -0.657. The Morgan fingerprint density at radius 3 is 2.39 bits per heavy atom. The van der Waals surface area contributed by atoms with Crippen molar-refractivity contribution in [2.75, 3.05) is 7.11 Å². The molecular formula is C15H15BrO2. The van der Waals surface area contributed by atoms with Gasteiger partial charge in [0.05, 0.1) is 7.11 Å². The van der Waals surface area contributed by atoms with E-state index in [4.69, 9.17) is 4.74 Å². The Morgan fingerprint density at radius 1 is 1.11 bits per heavy atom. The van der Waals surface area contributed by atoms with Crippen molar-refractivity contribution in [2.45, 2.75) is 13.0 Å². The van der Waals surface area contributed by atoms with Gasteiger partial charge in [-0.25, -0.2) is 0 Å². The summed E-state index contributed by atoms with van der Waals surface area (Å²) in [6.45, 7) is 2.03. The Morgan fingerprint density at radius 2 is 1.78 bits per heavy atom. The summed E-state index contributed by atoms with van der Waals surface area (Å²) in [6, 6.07) is 13.4. The molecule has 0 radical (unpaired) electrons. The molecule has 1 N–H and O–H groups in total. The van der Waals surface area contributed by atoms with Crippen molar-refractivity contribution in [3.05, 3.63) is 63.6 Å². The number of benzene rings is 2. The summed E-state index contributed by atoms with van der Waals surface area (Å²) in [5.74, 6) is 0.736. The molecule has 2 aromatic carbocycles. The van der Waals surface area contributed by atoms with E-state index in [9.17, 15) is 5.11 Å². The number of hydrogen-bond acceptors (Lipinski definition) is 2. The van der Waals surface area contributed by atoms with Crippen LogP contribution in [0.3, 0.4) is 0 Å². The van der Waals surface area contributed by atoms with E-state index < -0.39 is 6.10 Å². The molecule has 2 nitrogen and oxygen atoms in total. The predicted molar refractivity (Wildman–Crippen MR) is 75.9 cm³/mol. The van der Waals surface area contributed by atoms with Crippen molar-refractivity contribution in [1.82, 2.24) is 0 Å². The molecule has 0 aliphatic rings. The zero-order valence-corrected chi connectivity index (χ0v) is 11.9. The number of aliphatic hydroxyl groups excluding tert-OH is 1. The molecule has 1 unspecified atom stereocenters. The summed E-state index contributed by atoms with van der Waals surface area (Å²) < 4.78 is 6.05. The first-order chi connectivity index (χ1) is 8.61. The van der Waals surface area contributed by atoms with E-state index in [1.165, 1.54) is 5.56 Å². The van der Waals surface area contributed by atoms with Crippen molar-refractivity contribution >= 4 is 15.9 Å². The van der Waals surface area contributed by atoms with Gasteiger partial charge < -0.3 is 9.84 Å². The van der Waals surface area contributed by atoms with Crippen LogP contribution in [-0.2, 0) is 0 Å². The number of hydrogen-bond donors (Lipinski definition) is 1. The van der Waals surface area contributed by atoms with E-state index in [1.54, 1.807) is 7.11 Å². The lowest BCUT2D eigenvalue weighted by Gasteiger charge is -2.14. The van der Waals surface area contributed by atoms with Crippen LogP contribution in [0.25, 0.3) is 0 Å². The zero-order chi connectivity index (χ0) is 13.1. The molecule has 0 saturated carbocycles. The molecule has 0 aliphatic carbocycles. The molecule has 94 valence electrons. The minimum atomic E-state index is -0.657. The average molecular weight is 307 g/mol. The Bertz CT molecular complexity index is 535. The maximum atomic E-state index is 10.4. The van der Waals surface area contributed by atoms with Crippen LogP contribution >= 0.6 is 15.9 Å². The van der Waals surface area contributed by atoms with Crippen LogP contribution in [0.15, 0.2) is 46.9 Å². The van der Waals surface area contributed by atoms with E-state index in [2.05, 4.69) is 15.9 Å². The Hall–Kier alpha value is -1.32. The van der Waals surface area contributed by atoms with Crippen LogP contribution in [0.2, 0.25) is 0 Å². The fraction of sp³-hybridized carbons (Fsp3) is 0.200. The largest absolute Gasteiger partial charge is 0.497 e. The number of ether oxygens (including phenoxy) is 1. The molecule has 0 heterocycles. The van der Waals surface area contributed by atoms with Gasteiger partial charge in [-0.2, -0.15) is 0 Å². The van der Waals surface area contributed by atoms with Crippen LogP contribution in [0, 0.1) is 6.92 Å². The Balaban J connectivity index is 2.38. The summed E-state index contributed by atoms with van der Waals surface area (Å²) in [5, 5.41) is 10.4. The van der Waals surface area contributed by atoms with Crippen LogP contribution in [-0.4, -0.2) is 12.2 Å². The molecule has 0 aliphatic heterocycles. The molecule has 2 rings (SSSR count). The lowest BCUT2D eigenvalue weighted by molar-refractivity contribution is 0.219. The molecule has 3 heteroatoms. The van der Waals surface area contributed by atoms with Gasteiger partial charge in [0.1, 0.15) is 11.9 Å². The van der Waals surface area contributed by atoms with Crippen molar-refractivity contribution in [1.29, 1.82) is 0 Å². The first-order valence-corrected chi connectivity index (χ1v) is 6.49. The van der Waals surface area contributed by atoms with Gasteiger partial charge in [0.25, 0.3) is 0 Å². The van der Waals surface area contributed by atoms with E-state index in [1.807, 2.05) is 49.4 Å². The van der Waals surface area contributed by atoms with Crippen molar-refractivity contribution in [3.8, 4) is 5.75 Å². The topological polar surface area (TPSA) is 29.5 Å². The van der Waals surface area contributed by atoms with Crippen molar-refractivity contribution < 1.29 is 9.84 Å². The molecular weight excluding hydrogens is 292 g/mol. The Labute approximate surface area is 115 Å². The molecule has 0 spiro atoms. The van der Waals surface area contributed by atoms with Gasteiger partial charge >= 0.3 is 0 Å². The van der Waals surface area contributed by atoms with Crippen LogP contribution in [0.1, 0.15) is 22.8 Å². The lowest BCUT2D eigenvalue weighted by Crippen LogP contribution is -2.01. The van der Waals surface area contributed by atoms with E-state index in [-0.39, 0.29) is 0 Å². The summed E-state index contributed by atoms with van der Waals surface area (Å²) in [4.78, 5) is 0. The van der Waals surface area contributed by atoms with Gasteiger partial charge in [0, 0.05) is 10.0 Å². The second-order valence-corrected chi connectivity index (χ2v) is 5.06. The molecule has 0 amide bonds. The van der Waals surface area contributed by atoms with Gasteiger partial charge in [-0.15, -0.1) is 0 Å². The monoisotopic (exact) mass is 306 g/mol. The third-order valence-corrected chi connectivity index (χ3v) is 3.61. The predicted octanol–water partition coefficient (Wildman–Crippen LogP) is 3.85. The maximum Gasteiger partial charge on any atom is 0.119 e. The van der Waals surface area contributed by atoms with Gasteiger partial charge in [-0.3, -0.25) is 0 Å². The fourth-order valence-corrected chi connectivity index (χ4v) is 2.25. The standard InChI is InChI=1S/C15H15BrO2/c1-10-3-5-11(6-4-10)15(17)13-9-12(18-2)7-8-14(13)16/h3-9,15,17H,1-2H3. The minimum absolute atomic E-state index is 0.657. The number of rotatable bonds is 3. The first-order valence-electron chi connectivity index (χ1n) is 5.70. The van der Waals surface area contributed by atoms with E-state index in [0.717, 1.165) is 21.3 Å². The number of methoxy groups -OCH3 is 1. The molecule has 18 heavy (non-hydrogen) atoms. The average Bonchev–Trinajstić information content (AvgIpc) is 2.39. The number of aryl methyl sites for hydroxylation is 1. The lowest BCUT2D eigenvalue weighted by atomic mass is 10.0. The molecule has 0 fully saturated rings. The number of aliphatic hydroxyl groups is 1. The molecule has 0 bridgehead atoms. The van der Waals surface area contributed by atoms with E-state index in [0.29, 0.717) is 0 Å². The first kappa shape index (κ1) is 13.1. The quantitative estimate of drug-likeness (QED) is 0.933. The Kier molecular flexibility index (Phi) is 4.04. The third-order valence-electron chi connectivity index (χ3n) is 2.89. The normalized spacial score (nSPS) is 12.2. The number of halogens is 1. The van der Waals surface area contributed by atoms with Crippen LogP contribution < -0.4 is 4.74 Å². The SMILES string of the molecule is COc1ccc(Br)c(C(O)c2ccc(C)cc2)c1. The summed E-state index contributed by atoms with van der Waals surface area (Å²) in [7, 11) is 1.62. The smallest absolute Gasteiger partial charge is 0.119 e. The highest BCUT2D eigenvalue weighted by molar-refractivity contribution is 9.10. The van der Waals surface area contributed by atoms with Gasteiger partial charge in [0.2, 0.25) is 0 Å². The minimum Gasteiger partial charge on any atom is -0.497 e. The van der Waals surface area contributed by atoms with Gasteiger partial charge in [-0.05, 0) is 30.7 Å².